The van der Waals surface area contributed by atoms with Gasteiger partial charge in [0.15, 0.2) is 0 Å². The highest BCUT2D eigenvalue weighted by molar-refractivity contribution is 6.42. The van der Waals surface area contributed by atoms with E-state index in [1.54, 1.807) is 6.21 Å². The van der Waals surface area contributed by atoms with E-state index in [2.05, 4.69) is 10.5 Å². The van der Waals surface area contributed by atoms with Crippen molar-refractivity contribution in [2.45, 2.75) is 0 Å². The molecule has 0 atom stereocenters. The molecule has 0 aliphatic carbocycles. The molecule has 5 heteroatoms. The molecule has 0 radical (unpaired) electrons. The molecular weight excluding hydrogens is 363 g/mol. The van der Waals surface area contributed by atoms with Gasteiger partial charge in [-0.2, -0.15) is 5.10 Å². The first-order valence-electron chi connectivity index (χ1n) is 8.33. The fourth-order valence-electron chi connectivity index (χ4n) is 3.07. The van der Waals surface area contributed by atoms with Gasteiger partial charge in [0, 0.05) is 21.9 Å². The monoisotopic (exact) mass is 376 g/mol. The largest absolute Gasteiger partial charge is 0.271 e. The lowest BCUT2D eigenvalue weighted by Gasteiger charge is -2.10. The topological polar surface area (TPSA) is 41.5 Å². The van der Waals surface area contributed by atoms with Gasteiger partial charge in [-0.15, -0.1) is 0 Å². The van der Waals surface area contributed by atoms with Crippen molar-refractivity contribution < 1.29 is 9.18 Å². The number of amides is 1. The van der Waals surface area contributed by atoms with Crippen LogP contribution in [0.15, 0.2) is 77.9 Å². The van der Waals surface area contributed by atoms with E-state index in [9.17, 15) is 9.18 Å². The van der Waals surface area contributed by atoms with Crippen molar-refractivity contribution >= 4 is 45.3 Å². The Morgan fingerprint density at radius 1 is 0.852 bits per heavy atom. The number of nitrogens with zero attached hydrogens (tertiary/aromatic N) is 1. The summed E-state index contributed by atoms with van der Waals surface area (Å²) in [5, 5.41) is 8.53. The molecule has 0 aliphatic rings. The summed E-state index contributed by atoms with van der Waals surface area (Å²) in [5.74, 6) is -0.803. The van der Waals surface area contributed by atoms with Crippen LogP contribution in [0.3, 0.4) is 0 Å². The van der Waals surface area contributed by atoms with Crippen LogP contribution in [0.5, 0.6) is 0 Å². The first-order valence-corrected chi connectivity index (χ1v) is 8.71. The van der Waals surface area contributed by atoms with Gasteiger partial charge in [-0.1, -0.05) is 60.1 Å². The van der Waals surface area contributed by atoms with E-state index in [0.717, 1.165) is 27.1 Å². The lowest BCUT2D eigenvalue weighted by Crippen LogP contribution is -2.17. The molecule has 3 nitrogen and oxygen atoms in total. The Labute approximate surface area is 160 Å². The van der Waals surface area contributed by atoms with E-state index in [1.165, 1.54) is 24.3 Å². The Balaban J connectivity index is 1.74. The summed E-state index contributed by atoms with van der Waals surface area (Å²) in [6.45, 7) is 0. The summed E-state index contributed by atoms with van der Waals surface area (Å²) in [6.07, 6.45) is 1.61. The average molecular weight is 377 g/mol. The Bertz CT molecular complexity index is 1130. The molecule has 132 valence electrons. The van der Waals surface area contributed by atoms with Gasteiger partial charge in [-0.25, -0.2) is 9.82 Å². The van der Waals surface area contributed by atoms with Crippen molar-refractivity contribution in [2.75, 3.05) is 0 Å². The number of hydrogen-bond acceptors (Lipinski definition) is 2. The fourth-order valence-corrected chi connectivity index (χ4v) is 3.40. The normalized spacial score (nSPS) is 11.3. The smallest absolute Gasteiger partial charge is 0.267 e. The first-order chi connectivity index (χ1) is 13.1. The Morgan fingerprint density at radius 2 is 1.37 bits per heavy atom. The van der Waals surface area contributed by atoms with Crippen LogP contribution in [-0.4, -0.2) is 12.1 Å². The molecule has 0 heterocycles. The molecule has 0 spiro atoms. The third kappa shape index (κ3) is 3.27. The van der Waals surface area contributed by atoms with Gasteiger partial charge in [0.25, 0.3) is 5.91 Å². The van der Waals surface area contributed by atoms with Gasteiger partial charge < -0.3 is 0 Å². The van der Waals surface area contributed by atoms with Gasteiger partial charge in [0.1, 0.15) is 5.82 Å². The second kappa shape index (κ2) is 7.17. The van der Waals surface area contributed by atoms with Gasteiger partial charge >= 0.3 is 0 Å². The van der Waals surface area contributed by atoms with Crippen LogP contribution < -0.4 is 5.43 Å². The van der Waals surface area contributed by atoms with Crippen molar-refractivity contribution in [1.82, 2.24) is 5.43 Å². The molecule has 0 aliphatic heterocycles. The summed E-state index contributed by atoms with van der Waals surface area (Å²) in [4.78, 5) is 12.2. The minimum Gasteiger partial charge on any atom is -0.267 e. The van der Waals surface area contributed by atoms with Crippen LogP contribution in [0.1, 0.15) is 15.9 Å². The number of carbonyl (C=O) groups is 1. The quantitative estimate of drug-likeness (QED) is 0.284. The fraction of sp³-hybridized carbons (Fsp3) is 0. The molecule has 0 unspecified atom stereocenters. The number of fused-ring (bicyclic) bond motifs is 2. The van der Waals surface area contributed by atoms with Crippen LogP contribution in [0, 0.1) is 5.82 Å². The molecule has 4 aromatic carbocycles. The van der Waals surface area contributed by atoms with E-state index in [1.807, 2.05) is 48.5 Å². The lowest BCUT2D eigenvalue weighted by atomic mass is 9.97. The van der Waals surface area contributed by atoms with Crippen molar-refractivity contribution in [3.63, 3.8) is 0 Å². The Hall–Kier alpha value is -3.24. The zero-order chi connectivity index (χ0) is 18.8. The highest BCUT2D eigenvalue weighted by Gasteiger charge is 2.11. The summed E-state index contributed by atoms with van der Waals surface area (Å²) < 4.78 is 13.0. The van der Waals surface area contributed by atoms with E-state index in [4.69, 9.17) is 11.6 Å². The van der Waals surface area contributed by atoms with E-state index >= 15 is 0 Å². The van der Waals surface area contributed by atoms with E-state index in [-0.39, 0.29) is 0 Å². The second-order valence-corrected chi connectivity index (χ2v) is 6.40. The molecular formula is C22H14ClFN2O. The van der Waals surface area contributed by atoms with Crippen molar-refractivity contribution in [3.05, 3.63) is 94.8 Å². The van der Waals surface area contributed by atoms with Crippen molar-refractivity contribution in [1.29, 1.82) is 0 Å². The van der Waals surface area contributed by atoms with Gasteiger partial charge in [0.05, 0.1) is 11.2 Å². The summed E-state index contributed by atoms with van der Waals surface area (Å²) in [5.41, 5.74) is 3.68. The van der Waals surface area contributed by atoms with Gasteiger partial charge in [-0.05, 0) is 35.0 Å². The molecule has 0 saturated carbocycles. The van der Waals surface area contributed by atoms with E-state index < -0.39 is 11.7 Å². The zero-order valence-electron chi connectivity index (χ0n) is 14.1. The Kier molecular flexibility index (Phi) is 4.57. The second-order valence-electron chi connectivity index (χ2n) is 6.02. The minimum absolute atomic E-state index is 0.333. The minimum atomic E-state index is -0.408. The number of rotatable bonds is 3. The van der Waals surface area contributed by atoms with Crippen molar-refractivity contribution in [2.24, 2.45) is 5.10 Å². The highest BCUT2D eigenvalue weighted by Crippen LogP contribution is 2.35. The molecule has 0 fully saturated rings. The van der Waals surface area contributed by atoms with Gasteiger partial charge in [-0.3, -0.25) is 4.79 Å². The maximum Gasteiger partial charge on any atom is 0.271 e. The van der Waals surface area contributed by atoms with Crippen LogP contribution in [-0.2, 0) is 0 Å². The van der Waals surface area contributed by atoms with Gasteiger partial charge in [0.2, 0.25) is 0 Å². The predicted octanol–water partition coefficient (Wildman–Crippen LogP) is 5.55. The number of nitrogens with one attached hydrogen (secondary N) is 1. The summed E-state index contributed by atoms with van der Waals surface area (Å²) in [6, 6.07) is 20.9. The molecule has 27 heavy (non-hydrogen) atoms. The summed E-state index contributed by atoms with van der Waals surface area (Å²) >= 11 is 6.58. The number of hydrogen-bond donors (Lipinski definition) is 1. The first kappa shape index (κ1) is 17.2. The number of halogens is 2. The molecule has 4 rings (SSSR count). The Morgan fingerprint density at radius 3 is 1.93 bits per heavy atom. The molecule has 0 bridgehead atoms. The highest BCUT2D eigenvalue weighted by atomic mass is 35.5. The third-order valence-electron chi connectivity index (χ3n) is 4.37. The molecule has 1 N–H and O–H groups in total. The summed E-state index contributed by atoms with van der Waals surface area (Å²) in [7, 11) is 0. The number of carbonyl (C=O) groups excluding carboxylic acids is 1. The molecule has 0 aromatic heterocycles. The molecule has 4 aromatic rings. The van der Waals surface area contributed by atoms with Crippen molar-refractivity contribution in [3.8, 4) is 0 Å². The number of benzene rings is 4. The van der Waals surface area contributed by atoms with Crippen LogP contribution in [0.2, 0.25) is 5.02 Å². The lowest BCUT2D eigenvalue weighted by molar-refractivity contribution is 0.0955. The van der Waals surface area contributed by atoms with Crippen LogP contribution >= 0.6 is 11.6 Å². The SMILES string of the molecule is O=C(NN=Cc1c2ccccc2c(Cl)c2ccccc12)c1ccc(F)cc1. The number of hydrazone groups is 1. The maximum absolute atomic E-state index is 13.0. The standard InChI is InChI=1S/C22H14ClFN2O/c23-21-18-7-3-1-5-16(18)20(17-6-2-4-8-19(17)21)13-25-26-22(27)14-9-11-15(24)12-10-14/h1-13H,(H,26,27). The van der Waals surface area contributed by atoms with Crippen LogP contribution in [0.25, 0.3) is 21.5 Å². The van der Waals surface area contributed by atoms with E-state index in [0.29, 0.717) is 10.6 Å². The predicted molar refractivity (Wildman–Crippen MR) is 108 cm³/mol. The third-order valence-corrected chi connectivity index (χ3v) is 4.78. The molecule has 0 saturated heterocycles. The maximum atomic E-state index is 13.0. The zero-order valence-corrected chi connectivity index (χ0v) is 14.9. The molecule has 1 amide bonds. The average Bonchev–Trinajstić information content (AvgIpc) is 2.71. The van der Waals surface area contributed by atoms with Crippen LogP contribution in [0.4, 0.5) is 4.39 Å².